The van der Waals surface area contributed by atoms with Crippen LogP contribution in [0.2, 0.25) is 0 Å². The van der Waals surface area contributed by atoms with Crippen molar-refractivity contribution in [2.75, 3.05) is 20.2 Å². The lowest BCUT2D eigenvalue weighted by Gasteiger charge is -2.31. The Morgan fingerprint density at radius 1 is 0.968 bits per heavy atom. The van der Waals surface area contributed by atoms with Crippen molar-refractivity contribution in [2.45, 2.75) is 94.5 Å². The molecule has 6 heteroatoms. The number of hydrogen-bond acceptors (Lipinski definition) is 4. The number of carbonyl (C=O) groups is 3. The maximum absolute atomic E-state index is 12.6. The number of hydrogen-bond donors (Lipinski definition) is 1. The largest absolute Gasteiger partial charge is 0.463 e. The van der Waals surface area contributed by atoms with Crippen LogP contribution in [0.5, 0.6) is 0 Å². The molecule has 0 aliphatic carbocycles. The van der Waals surface area contributed by atoms with Gasteiger partial charge in [0.2, 0.25) is 11.8 Å². The molecular weight excluding hydrogens is 392 g/mol. The Morgan fingerprint density at radius 2 is 1.42 bits per heavy atom. The lowest BCUT2D eigenvalue weighted by Crippen LogP contribution is -2.48. The summed E-state index contributed by atoms with van der Waals surface area (Å²) >= 11 is 0. The van der Waals surface area contributed by atoms with Crippen LogP contribution in [0.4, 0.5) is 0 Å². The highest BCUT2D eigenvalue weighted by Crippen LogP contribution is 2.30. The van der Waals surface area contributed by atoms with E-state index in [1.165, 1.54) is 0 Å². The SMILES string of the molecule is CC(C)C.CCOC(=O)/C(C)=C/[C@H](C(C)C)N(C)C(=O)CNC(=O)C(CC)(CC)CC. The second-order valence-electron chi connectivity index (χ2n) is 9.07. The van der Waals surface area contributed by atoms with Gasteiger partial charge in [-0.25, -0.2) is 4.79 Å². The first-order chi connectivity index (χ1) is 14.3. The van der Waals surface area contributed by atoms with Crippen molar-refractivity contribution in [3.63, 3.8) is 0 Å². The number of nitrogens with zero attached hydrogens (tertiary/aromatic N) is 1. The summed E-state index contributed by atoms with van der Waals surface area (Å²) in [4.78, 5) is 38.7. The minimum Gasteiger partial charge on any atom is -0.463 e. The normalized spacial score (nSPS) is 12.7. The van der Waals surface area contributed by atoms with E-state index in [1.807, 2.05) is 34.6 Å². The number of ether oxygens (including phenoxy) is 1. The van der Waals surface area contributed by atoms with Gasteiger partial charge in [0.1, 0.15) is 0 Å². The molecule has 0 saturated carbocycles. The zero-order chi connectivity index (χ0) is 24.8. The van der Waals surface area contributed by atoms with Gasteiger partial charge in [-0.05, 0) is 44.9 Å². The molecule has 0 radical (unpaired) electrons. The van der Waals surface area contributed by atoms with E-state index in [1.54, 1.807) is 31.9 Å². The van der Waals surface area contributed by atoms with E-state index in [0.717, 1.165) is 25.2 Å². The summed E-state index contributed by atoms with van der Waals surface area (Å²) in [6.45, 7) is 20.2. The molecule has 0 heterocycles. The molecule has 0 aromatic carbocycles. The van der Waals surface area contributed by atoms with E-state index >= 15 is 0 Å². The molecule has 0 rings (SSSR count). The zero-order valence-electron chi connectivity index (χ0n) is 21.9. The molecule has 182 valence electrons. The summed E-state index contributed by atoms with van der Waals surface area (Å²) in [7, 11) is 1.70. The monoisotopic (exact) mass is 440 g/mol. The minimum atomic E-state index is -0.420. The van der Waals surface area contributed by atoms with Crippen molar-refractivity contribution in [1.29, 1.82) is 0 Å². The minimum absolute atomic E-state index is 0.0490. The standard InChI is InChI=1S/C21H38N2O4.C4H10/c1-9-21(10-2,11-3)20(26)22-14-18(24)23(8)17(15(5)6)13-16(7)19(25)27-12-4;1-4(2)3/h13,15,17H,9-12,14H2,1-8H3,(H,22,26);4H,1-3H3/b16-13+;/t17-;/m1./s1. The van der Waals surface area contributed by atoms with Gasteiger partial charge < -0.3 is 15.0 Å². The Hall–Kier alpha value is -1.85. The Kier molecular flexibility index (Phi) is 16.1. The topological polar surface area (TPSA) is 75.7 Å². The van der Waals surface area contributed by atoms with E-state index in [-0.39, 0.29) is 36.3 Å². The fraction of sp³-hybridized carbons (Fsp3) is 0.800. The van der Waals surface area contributed by atoms with Gasteiger partial charge in [-0.2, -0.15) is 0 Å². The predicted octanol–water partition coefficient (Wildman–Crippen LogP) is 4.97. The van der Waals surface area contributed by atoms with E-state index in [0.29, 0.717) is 12.2 Å². The Bertz CT molecular complexity index is 567. The van der Waals surface area contributed by atoms with E-state index < -0.39 is 5.41 Å². The molecule has 1 N–H and O–H groups in total. The summed E-state index contributed by atoms with van der Waals surface area (Å²) in [5, 5.41) is 2.80. The summed E-state index contributed by atoms with van der Waals surface area (Å²) in [6.07, 6.45) is 3.99. The van der Waals surface area contributed by atoms with Crippen LogP contribution in [-0.4, -0.2) is 48.9 Å². The molecule has 0 fully saturated rings. The first kappa shape index (κ1) is 31.3. The van der Waals surface area contributed by atoms with Gasteiger partial charge in [-0.3, -0.25) is 9.59 Å². The van der Waals surface area contributed by atoms with Crippen molar-refractivity contribution in [2.24, 2.45) is 17.3 Å². The fourth-order valence-corrected chi connectivity index (χ4v) is 3.19. The number of likely N-dealkylation sites (N-methyl/N-ethyl adjacent to an activating group) is 1. The van der Waals surface area contributed by atoms with Crippen molar-refractivity contribution in [1.82, 2.24) is 10.2 Å². The summed E-state index contributed by atoms with van der Waals surface area (Å²) < 4.78 is 5.01. The van der Waals surface area contributed by atoms with Crippen molar-refractivity contribution < 1.29 is 19.1 Å². The molecule has 0 spiro atoms. The molecule has 0 aliphatic heterocycles. The second kappa shape index (κ2) is 15.9. The van der Waals surface area contributed by atoms with Gasteiger partial charge in [0.25, 0.3) is 0 Å². The maximum Gasteiger partial charge on any atom is 0.333 e. The van der Waals surface area contributed by atoms with E-state index in [9.17, 15) is 14.4 Å². The first-order valence-electron chi connectivity index (χ1n) is 11.7. The molecule has 0 unspecified atom stereocenters. The Labute approximate surface area is 191 Å². The molecule has 0 aromatic rings. The smallest absolute Gasteiger partial charge is 0.333 e. The van der Waals surface area contributed by atoms with E-state index in [2.05, 4.69) is 26.1 Å². The molecule has 0 saturated heterocycles. The first-order valence-corrected chi connectivity index (χ1v) is 11.7. The van der Waals surface area contributed by atoms with Crippen LogP contribution in [0, 0.1) is 17.3 Å². The Morgan fingerprint density at radius 3 is 1.77 bits per heavy atom. The van der Waals surface area contributed by atoms with Gasteiger partial charge in [-0.1, -0.05) is 61.5 Å². The van der Waals surface area contributed by atoms with Crippen molar-refractivity contribution in [3.8, 4) is 0 Å². The lowest BCUT2D eigenvalue weighted by atomic mass is 9.79. The van der Waals surface area contributed by atoms with Gasteiger partial charge in [0, 0.05) is 18.0 Å². The molecule has 2 amide bonds. The summed E-state index contributed by atoms with van der Waals surface area (Å²) in [5.74, 6) is 0.305. The van der Waals surface area contributed by atoms with Crippen molar-refractivity contribution in [3.05, 3.63) is 11.6 Å². The Balaban J connectivity index is 0. The molecule has 0 aromatic heterocycles. The quantitative estimate of drug-likeness (QED) is 0.363. The maximum atomic E-state index is 12.6. The average Bonchev–Trinajstić information content (AvgIpc) is 2.70. The summed E-state index contributed by atoms with van der Waals surface area (Å²) in [6, 6.07) is -0.257. The molecule has 1 atom stereocenters. The fourth-order valence-electron chi connectivity index (χ4n) is 3.19. The highest BCUT2D eigenvalue weighted by Gasteiger charge is 2.33. The molecule has 0 aliphatic rings. The third-order valence-electron chi connectivity index (χ3n) is 5.45. The molecule has 31 heavy (non-hydrogen) atoms. The van der Waals surface area contributed by atoms with Gasteiger partial charge in [-0.15, -0.1) is 0 Å². The zero-order valence-corrected chi connectivity index (χ0v) is 21.9. The molecule has 0 bridgehead atoms. The third kappa shape index (κ3) is 11.4. The highest BCUT2D eigenvalue weighted by atomic mass is 16.5. The second-order valence-corrected chi connectivity index (χ2v) is 9.07. The summed E-state index contributed by atoms with van der Waals surface area (Å²) in [5.41, 5.74) is 0.0534. The number of amides is 2. The van der Waals surface area contributed by atoms with Crippen LogP contribution in [0.25, 0.3) is 0 Å². The predicted molar refractivity (Wildman–Crippen MR) is 129 cm³/mol. The van der Waals surface area contributed by atoms with Crippen LogP contribution < -0.4 is 5.32 Å². The van der Waals surface area contributed by atoms with Crippen LogP contribution in [0.1, 0.15) is 88.5 Å². The number of esters is 1. The van der Waals surface area contributed by atoms with Crippen molar-refractivity contribution >= 4 is 17.8 Å². The van der Waals surface area contributed by atoms with Gasteiger partial charge >= 0.3 is 5.97 Å². The van der Waals surface area contributed by atoms with Gasteiger partial charge in [0.05, 0.1) is 19.2 Å². The van der Waals surface area contributed by atoms with Gasteiger partial charge in [0.15, 0.2) is 0 Å². The van der Waals surface area contributed by atoms with Crippen LogP contribution >= 0.6 is 0 Å². The van der Waals surface area contributed by atoms with Crippen LogP contribution in [0.3, 0.4) is 0 Å². The number of carbonyl (C=O) groups excluding carboxylic acids is 3. The van der Waals surface area contributed by atoms with Crippen LogP contribution in [-0.2, 0) is 19.1 Å². The highest BCUT2D eigenvalue weighted by molar-refractivity contribution is 5.89. The lowest BCUT2D eigenvalue weighted by molar-refractivity contribution is -0.138. The number of nitrogens with one attached hydrogen (secondary N) is 1. The molecular formula is C25H48N2O4. The van der Waals surface area contributed by atoms with Crippen LogP contribution in [0.15, 0.2) is 11.6 Å². The average molecular weight is 441 g/mol. The number of rotatable bonds is 11. The van der Waals surface area contributed by atoms with E-state index in [4.69, 9.17) is 4.74 Å². The third-order valence-corrected chi connectivity index (χ3v) is 5.45. The molecule has 6 nitrogen and oxygen atoms in total.